The first-order chi connectivity index (χ1) is 11.5. The van der Waals surface area contributed by atoms with Crippen LogP contribution in [0.2, 0.25) is 0 Å². The topological polar surface area (TPSA) is 127 Å². The molecule has 24 heavy (non-hydrogen) atoms. The van der Waals surface area contributed by atoms with Crippen LogP contribution in [0.25, 0.3) is 0 Å². The average Bonchev–Trinajstić information content (AvgIpc) is 3.02. The molecule has 1 aromatic carbocycles. The van der Waals surface area contributed by atoms with Gasteiger partial charge in [0, 0.05) is 4.47 Å². The highest BCUT2D eigenvalue weighted by Gasteiger charge is 2.11. The normalized spacial score (nSPS) is 10.5. The molecule has 0 radical (unpaired) electrons. The molecule has 2 rings (SSSR count). The molecule has 0 saturated heterocycles. The van der Waals surface area contributed by atoms with Crippen LogP contribution in [-0.2, 0) is 4.79 Å². The van der Waals surface area contributed by atoms with Crippen molar-refractivity contribution >= 4 is 39.8 Å². The molecule has 0 aliphatic rings. The van der Waals surface area contributed by atoms with Crippen molar-refractivity contribution in [3.8, 4) is 0 Å². The summed E-state index contributed by atoms with van der Waals surface area (Å²) in [4.78, 5) is 33.2. The van der Waals surface area contributed by atoms with E-state index in [9.17, 15) is 19.7 Å². The lowest BCUT2D eigenvalue weighted by atomic mass is 10.2. The van der Waals surface area contributed by atoms with Crippen LogP contribution < -0.4 is 10.7 Å². The number of nitrogens with one attached hydrogen (secondary N) is 2. The minimum Gasteiger partial charge on any atom is -0.400 e. The number of amides is 2. The van der Waals surface area contributed by atoms with Gasteiger partial charge in [-0.05, 0) is 34.1 Å². The predicted molar refractivity (Wildman–Crippen MR) is 87.6 cm³/mol. The predicted octanol–water partition coefficient (Wildman–Crippen LogP) is 1.83. The van der Waals surface area contributed by atoms with Crippen LogP contribution in [0.5, 0.6) is 0 Å². The average molecular weight is 395 g/mol. The van der Waals surface area contributed by atoms with Crippen molar-refractivity contribution in [2.24, 2.45) is 5.10 Å². The SMILES string of the molecule is O=C(CNC(=O)c1ccccc1Br)NN=Cc1ccc([N+](=O)[O-])o1. The van der Waals surface area contributed by atoms with Gasteiger partial charge in [0.1, 0.15) is 4.92 Å². The largest absolute Gasteiger partial charge is 0.433 e. The maximum atomic E-state index is 11.9. The molecule has 2 amide bonds. The van der Waals surface area contributed by atoms with Gasteiger partial charge in [-0.15, -0.1) is 0 Å². The number of furan rings is 1. The van der Waals surface area contributed by atoms with Crippen LogP contribution in [0.15, 0.2) is 50.4 Å². The second-order valence-corrected chi connectivity index (χ2v) is 5.24. The van der Waals surface area contributed by atoms with Gasteiger partial charge in [0.2, 0.25) is 0 Å². The number of carbonyl (C=O) groups excluding carboxylic acids is 2. The number of hydrogen-bond donors (Lipinski definition) is 2. The monoisotopic (exact) mass is 394 g/mol. The van der Waals surface area contributed by atoms with Crippen molar-refractivity contribution in [2.75, 3.05) is 6.54 Å². The fourth-order valence-electron chi connectivity index (χ4n) is 1.62. The molecule has 0 atom stereocenters. The second-order valence-electron chi connectivity index (χ2n) is 4.39. The first kappa shape index (κ1) is 17.3. The van der Waals surface area contributed by atoms with Crippen molar-refractivity contribution in [1.29, 1.82) is 0 Å². The Morgan fingerprint density at radius 1 is 1.29 bits per heavy atom. The van der Waals surface area contributed by atoms with E-state index in [0.717, 1.165) is 6.21 Å². The second kappa shape index (κ2) is 8.02. The Labute approximate surface area is 144 Å². The number of nitrogens with zero attached hydrogens (tertiary/aromatic N) is 2. The van der Waals surface area contributed by atoms with Gasteiger partial charge < -0.3 is 9.73 Å². The van der Waals surface area contributed by atoms with Gasteiger partial charge >= 0.3 is 5.88 Å². The molecule has 0 bridgehead atoms. The van der Waals surface area contributed by atoms with E-state index in [4.69, 9.17) is 4.42 Å². The van der Waals surface area contributed by atoms with Gasteiger partial charge in [-0.1, -0.05) is 12.1 Å². The van der Waals surface area contributed by atoms with E-state index in [2.05, 4.69) is 31.8 Å². The summed E-state index contributed by atoms with van der Waals surface area (Å²) < 4.78 is 5.43. The maximum Gasteiger partial charge on any atom is 0.433 e. The number of hydrogen-bond acceptors (Lipinski definition) is 6. The Bertz CT molecular complexity index is 802. The Hall–Kier alpha value is -3.01. The zero-order valence-corrected chi connectivity index (χ0v) is 13.6. The van der Waals surface area contributed by atoms with Crippen molar-refractivity contribution in [3.63, 3.8) is 0 Å². The lowest BCUT2D eigenvalue weighted by Gasteiger charge is -2.05. The molecule has 0 fully saturated rings. The smallest absolute Gasteiger partial charge is 0.400 e. The first-order valence-electron chi connectivity index (χ1n) is 6.56. The summed E-state index contributed by atoms with van der Waals surface area (Å²) in [6.07, 6.45) is 1.11. The highest BCUT2D eigenvalue weighted by Crippen LogP contribution is 2.15. The molecule has 2 N–H and O–H groups in total. The number of carbonyl (C=O) groups is 2. The van der Waals surface area contributed by atoms with E-state index in [-0.39, 0.29) is 12.3 Å². The molecule has 0 aliphatic heterocycles. The molecule has 1 aromatic heterocycles. The zero-order chi connectivity index (χ0) is 17.5. The van der Waals surface area contributed by atoms with Gasteiger partial charge in [0.15, 0.2) is 5.76 Å². The Morgan fingerprint density at radius 2 is 2.04 bits per heavy atom. The lowest BCUT2D eigenvalue weighted by Crippen LogP contribution is -2.35. The molecule has 0 unspecified atom stereocenters. The molecular weight excluding hydrogens is 384 g/mol. The van der Waals surface area contributed by atoms with Crippen LogP contribution in [0.3, 0.4) is 0 Å². The number of benzene rings is 1. The summed E-state index contributed by atoms with van der Waals surface area (Å²) in [5.74, 6) is -1.29. The molecule has 124 valence electrons. The highest BCUT2D eigenvalue weighted by molar-refractivity contribution is 9.10. The van der Waals surface area contributed by atoms with E-state index in [1.54, 1.807) is 24.3 Å². The van der Waals surface area contributed by atoms with Crippen molar-refractivity contribution in [3.05, 3.63) is 62.3 Å². The Morgan fingerprint density at radius 3 is 2.71 bits per heavy atom. The molecule has 0 spiro atoms. The number of nitro groups is 1. The summed E-state index contributed by atoms with van der Waals surface area (Å²) in [6.45, 7) is -0.282. The molecular formula is C14H11BrN4O5. The first-order valence-corrected chi connectivity index (χ1v) is 7.35. The number of rotatable bonds is 6. The third kappa shape index (κ3) is 4.74. The van der Waals surface area contributed by atoms with Gasteiger partial charge in [-0.2, -0.15) is 5.10 Å². The summed E-state index contributed by atoms with van der Waals surface area (Å²) >= 11 is 3.24. The Balaban J connectivity index is 1.81. The quantitative estimate of drug-likeness (QED) is 0.438. The van der Waals surface area contributed by atoms with E-state index >= 15 is 0 Å². The zero-order valence-electron chi connectivity index (χ0n) is 12.1. The van der Waals surface area contributed by atoms with Crippen LogP contribution in [0, 0.1) is 10.1 Å². The van der Waals surface area contributed by atoms with Gasteiger partial charge in [-0.25, -0.2) is 5.43 Å². The highest BCUT2D eigenvalue weighted by atomic mass is 79.9. The van der Waals surface area contributed by atoms with Crippen LogP contribution in [0.1, 0.15) is 16.1 Å². The third-order valence-electron chi connectivity index (χ3n) is 2.70. The van der Waals surface area contributed by atoms with E-state index in [1.807, 2.05) is 0 Å². The van der Waals surface area contributed by atoms with Crippen LogP contribution >= 0.6 is 15.9 Å². The van der Waals surface area contributed by atoms with E-state index < -0.39 is 22.6 Å². The van der Waals surface area contributed by atoms with Crippen LogP contribution in [0.4, 0.5) is 5.88 Å². The minimum atomic E-state index is -0.687. The molecule has 0 aliphatic carbocycles. The fourth-order valence-corrected chi connectivity index (χ4v) is 2.08. The summed E-state index contributed by atoms with van der Waals surface area (Å²) in [6, 6.07) is 9.29. The van der Waals surface area contributed by atoms with Gasteiger partial charge in [-0.3, -0.25) is 19.7 Å². The van der Waals surface area contributed by atoms with Crippen LogP contribution in [-0.4, -0.2) is 29.5 Å². The maximum absolute atomic E-state index is 11.9. The van der Waals surface area contributed by atoms with Gasteiger partial charge in [0.25, 0.3) is 11.8 Å². The van der Waals surface area contributed by atoms with E-state index in [1.165, 1.54) is 12.1 Å². The molecule has 9 nitrogen and oxygen atoms in total. The fraction of sp³-hybridized carbons (Fsp3) is 0.0714. The molecule has 10 heteroatoms. The lowest BCUT2D eigenvalue weighted by molar-refractivity contribution is -0.402. The summed E-state index contributed by atoms with van der Waals surface area (Å²) in [7, 11) is 0. The Kier molecular flexibility index (Phi) is 5.79. The molecule has 2 aromatic rings. The summed E-state index contributed by atoms with van der Waals surface area (Å²) in [5.41, 5.74) is 2.57. The summed E-state index contributed by atoms with van der Waals surface area (Å²) in [5, 5.41) is 16.5. The molecule has 1 heterocycles. The van der Waals surface area contributed by atoms with Crippen molar-refractivity contribution in [1.82, 2.24) is 10.7 Å². The van der Waals surface area contributed by atoms with Crippen molar-refractivity contribution in [2.45, 2.75) is 0 Å². The minimum absolute atomic E-state index is 0.110. The third-order valence-corrected chi connectivity index (χ3v) is 3.39. The van der Waals surface area contributed by atoms with Crippen molar-refractivity contribution < 1.29 is 18.9 Å². The number of halogens is 1. The van der Waals surface area contributed by atoms with E-state index in [0.29, 0.717) is 10.0 Å². The standard InChI is InChI=1S/C14H11BrN4O5/c15-11-4-2-1-3-10(11)14(21)16-8-12(20)18-17-7-9-5-6-13(24-9)19(22)23/h1-7H,8H2,(H,16,21)(H,18,20). The van der Waals surface area contributed by atoms with Gasteiger partial charge in [0.05, 0.1) is 24.4 Å². The molecule has 0 saturated carbocycles. The number of hydrazone groups is 1.